The minimum atomic E-state index is -0.319. The lowest BCUT2D eigenvalue weighted by Gasteiger charge is -2.43. The number of pyridine rings is 1. The molecule has 45 heavy (non-hydrogen) atoms. The summed E-state index contributed by atoms with van der Waals surface area (Å²) in [5.74, 6) is 0.138. The first kappa shape index (κ1) is 30.4. The van der Waals surface area contributed by atoms with Crippen LogP contribution in [0.5, 0.6) is 5.88 Å². The highest BCUT2D eigenvalue weighted by atomic mass is 16.5. The fraction of sp³-hybridized carbons (Fsp3) is 0.429. The molecule has 10 nitrogen and oxygen atoms in total. The topological polar surface area (TPSA) is 109 Å². The molecule has 0 aliphatic carbocycles. The van der Waals surface area contributed by atoms with Gasteiger partial charge in [0.25, 0.3) is 0 Å². The molecule has 6 rings (SSSR count). The number of aryl methyl sites for hydroxylation is 1. The molecule has 1 unspecified atom stereocenters. The molecule has 3 aromatic rings. The van der Waals surface area contributed by atoms with Gasteiger partial charge in [0, 0.05) is 49.4 Å². The van der Waals surface area contributed by atoms with Crippen molar-refractivity contribution < 1.29 is 14.3 Å². The van der Waals surface area contributed by atoms with E-state index in [4.69, 9.17) is 14.5 Å². The number of rotatable bonds is 7. The van der Waals surface area contributed by atoms with E-state index in [-0.39, 0.29) is 24.4 Å². The number of likely N-dealkylation sites (N-methyl/N-ethyl adjacent to an activating group) is 1. The minimum Gasteiger partial charge on any atom is -0.475 e. The first-order chi connectivity index (χ1) is 21.9. The van der Waals surface area contributed by atoms with Crippen LogP contribution in [-0.2, 0) is 22.5 Å². The largest absolute Gasteiger partial charge is 0.475 e. The summed E-state index contributed by atoms with van der Waals surface area (Å²) in [4.78, 5) is 26.1. The molecule has 2 fully saturated rings. The number of morpholine rings is 1. The van der Waals surface area contributed by atoms with Crippen molar-refractivity contribution in [3.8, 4) is 18.0 Å². The molecule has 1 amide bonds. The van der Waals surface area contributed by atoms with Crippen molar-refractivity contribution in [2.45, 2.75) is 38.4 Å². The van der Waals surface area contributed by atoms with Gasteiger partial charge in [-0.1, -0.05) is 36.9 Å². The first-order valence-corrected chi connectivity index (χ1v) is 15.6. The van der Waals surface area contributed by atoms with Gasteiger partial charge in [0.1, 0.15) is 18.2 Å². The van der Waals surface area contributed by atoms with E-state index in [9.17, 15) is 15.3 Å². The van der Waals surface area contributed by atoms with E-state index >= 15 is 0 Å². The van der Waals surface area contributed by atoms with Crippen LogP contribution in [0.25, 0.3) is 10.8 Å². The summed E-state index contributed by atoms with van der Waals surface area (Å²) >= 11 is 0. The van der Waals surface area contributed by atoms with Gasteiger partial charge in [0.15, 0.2) is 0 Å². The molecule has 1 aromatic heterocycles. The van der Waals surface area contributed by atoms with Crippen LogP contribution >= 0.6 is 0 Å². The highest BCUT2D eigenvalue weighted by Crippen LogP contribution is 2.40. The summed E-state index contributed by atoms with van der Waals surface area (Å²) in [6.45, 7) is 10.9. The van der Waals surface area contributed by atoms with Gasteiger partial charge in [0.05, 0.1) is 55.7 Å². The first-order valence-electron chi connectivity index (χ1n) is 15.6. The van der Waals surface area contributed by atoms with E-state index < -0.39 is 0 Å². The Labute approximate surface area is 264 Å². The third-order valence-electron chi connectivity index (χ3n) is 9.36. The maximum Gasteiger partial charge on any atom is 0.246 e. The van der Waals surface area contributed by atoms with Crippen LogP contribution in [0.1, 0.15) is 28.8 Å². The maximum absolute atomic E-state index is 12.6. The van der Waals surface area contributed by atoms with E-state index in [1.807, 2.05) is 0 Å². The lowest BCUT2D eigenvalue weighted by atomic mass is 9.95. The Morgan fingerprint density at radius 3 is 2.71 bits per heavy atom. The van der Waals surface area contributed by atoms with Crippen molar-refractivity contribution in [2.75, 3.05) is 69.4 Å². The fourth-order valence-corrected chi connectivity index (χ4v) is 6.90. The Hall–Kier alpha value is -4.64. The molecule has 2 saturated heterocycles. The number of hydrogen-bond acceptors (Lipinski definition) is 9. The van der Waals surface area contributed by atoms with Crippen molar-refractivity contribution in [1.82, 2.24) is 14.8 Å². The second-order valence-corrected chi connectivity index (χ2v) is 12.0. The van der Waals surface area contributed by atoms with Crippen molar-refractivity contribution >= 4 is 28.1 Å². The van der Waals surface area contributed by atoms with E-state index in [1.54, 1.807) is 4.90 Å². The second-order valence-electron chi connectivity index (χ2n) is 12.0. The van der Waals surface area contributed by atoms with Crippen LogP contribution in [0.3, 0.4) is 0 Å². The van der Waals surface area contributed by atoms with Crippen LogP contribution in [0.15, 0.2) is 49.1 Å². The third-order valence-corrected chi connectivity index (χ3v) is 9.36. The van der Waals surface area contributed by atoms with Gasteiger partial charge in [-0.3, -0.25) is 9.69 Å². The Morgan fingerprint density at radius 1 is 1.13 bits per heavy atom. The van der Waals surface area contributed by atoms with Crippen molar-refractivity contribution in [3.63, 3.8) is 0 Å². The SMILES string of the molecule is C=CC(=O)N1CCN(c2c(C#N)c(OCC3COCCN3C)nc3c2CCN(c2cccc4cccc(C)c24)C3)C[C@@H]1CC#N. The van der Waals surface area contributed by atoms with Gasteiger partial charge in [-0.2, -0.15) is 10.5 Å². The average Bonchev–Trinajstić information content (AvgIpc) is 3.06. The summed E-state index contributed by atoms with van der Waals surface area (Å²) in [6.07, 6.45) is 2.19. The number of hydrogen-bond donors (Lipinski definition) is 0. The number of carbonyl (C=O) groups is 1. The van der Waals surface area contributed by atoms with Crippen molar-refractivity contribution in [1.29, 1.82) is 10.5 Å². The van der Waals surface area contributed by atoms with Crippen molar-refractivity contribution in [2.24, 2.45) is 0 Å². The Kier molecular flexibility index (Phi) is 8.88. The van der Waals surface area contributed by atoms with E-state index in [2.05, 4.69) is 83.8 Å². The summed E-state index contributed by atoms with van der Waals surface area (Å²) in [7, 11) is 2.05. The molecule has 0 saturated carbocycles. The average molecular weight is 606 g/mol. The predicted molar refractivity (Wildman–Crippen MR) is 173 cm³/mol. The van der Waals surface area contributed by atoms with Crippen molar-refractivity contribution in [3.05, 3.63) is 71.4 Å². The minimum absolute atomic E-state index is 0.0511. The second kappa shape index (κ2) is 13.2. The van der Waals surface area contributed by atoms with Gasteiger partial charge in [-0.05, 0) is 43.5 Å². The number of piperazine rings is 1. The lowest BCUT2D eigenvalue weighted by Crippen LogP contribution is -2.55. The van der Waals surface area contributed by atoms with Crippen LogP contribution in [-0.4, -0.2) is 92.4 Å². The number of nitriles is 2. The zero-order valence-electron chi connectivity index (χ0n) is 26.0. The van der Waals surface area contributed by atoms with Gasteiger partial charge in [-0.15, -0.1) is 0 Å². The maximum atomic E-state index is 12.6. The highest BCUT2D eigenvalue weighted by Gasteiger charge is 2.35. The molecule has 3 aliphatic rings. The lowest BCUT2D eigenvalue weighted by molar-refractivity contribution is -0.128. The molecule has 0 radical (unpaired) electrons. The van der Waals surface area contributed by atoms with Crippen LogP contribution < -0.4 is 14.5 Å². The fourth-order valence-electron chi connectivity index (χ4n) is 6.90. The summed E-state index contributed by atoms with van der Waals surface area (Å²) < 4.78 is 12.1. The molecular formula is C35H39N7O3. The van der Waals surface area contributed by atoms with Crippen LogP contribution in [0.4, 0.5) is 11.4 Å². The standard InChI is InChI=1S/C35H39N7O3/c1-4-32(43)42-16-15-41(20-26(42)11-13-36)34-28-12-14-40(31-10-6-9-25-8-5-7-24(2)33(25)31)21-30(28)38-35(29(34)19-37)45-23-27-22-44-18-17-39(27)3/h4-10,26-27H,1,11-12,14-18,20-23H2,2-3H3/t26-,27?/m0/s1. The monoisotopic (exact) mass is 605 g/mol. The Morgan fingerprint density at radius 2 is 1.96 bits per heavy atom. The smallest absolute Gasteiger partial charge is 0.246 e. The number of aromatic nitrogens is 1. The molecule has 0 N–H and O–H groups in total. The predicted octanol–water partition coefficient (Wildman–Crippen LogP) is 3.80. The zero-order chi connectivity index (χ0) is 31.5. The number of amides is 1. The molecule has 0 bridgehead atoms. The molecule has 232 valence electrons. The van der Waals surface area contributed by atoms with Crippen LogP contribution in [0.2, 0.25) is 0 Å². The zero-order valence-corrected chi connectivity index (χ0v) is 26.0. The van der Waals surface area contributed by atoms with Gasteiger partial charge >= 0.3 is 0 Å². The van der Waals surface area contributed by atoms with E-state index in [1.165, 1.54) is 22.4 Å². The number of nitrogens with zero attached hydrogens (tertiary/aromatic N) is 7. The third kappa shape index (κ3) is 5.92. The number of anilines is 2. The molecule has 2 aromatic carbocycles. The molecule has 3 aliphatic heterocycles. The molecular weight excluding hydrogens is 566 g/mol. The summed E-state index contributed by atoms with van der Waals surface area (Å²) in [5.41, 5.74) is 5.52. The normalized spacial score (nSPS) is 20.3. The highest BCUT2D eigenvalue weighted by molar-refractivity contribution is 5.97. The molecule has 2 atom stereocenters. The number of carbonyl (C=O) groups excluding carboxylic acids is 1. The van der Waals surface area contributed by atoms with E-state index in [0.717, 1.165) is 35.7 Å². The molecule has 0 spiro atoms. The summed E-state index contributed by atoms with van der Waals surface area (Å²) in [6, 6.07) is 17.2. The molecule has 4 heterocycles. The number of ether oxygens (including phenoxy) is 2. The van der Waals surface area contributed by atoms with Gasteiger partial charge in [0.2, 0.25) is 11.8 Å². The van der Waals surface area contributed by atoms with Gasteiger partial charge in [-0.25, -0.2) is 4.98 Å². The summed E-state index contributed by atoms with van der Waals surface area (Å²) in [5, 5.41) is 22.6. The quantitative estimate of drug-likeness (QED) is 0.372. The Balaban J connectivity index is 1.40. The Bertz CT molecular complexity index is 1690. The van der Waals surface area contributed by atoms with E-state index in [0.29, 0.717) is 63.9 Å². The van der Waals surface area contributed by atoms with Gasteiger partial charge < -0.3 is 24.2 Å². The molecule has 10 heteroatoms. The van der Waals surface area contributed by atoms with Crippen LogP contribution in [0, 0.1) is 29.6 Å². The number of fused-ring (bicyclic) bond motifs is 2. The number of benzene rings is 2.